The van der Waals surface area contributed by atoms with E-state index in [-0.39, 0.29) is 0 Å². The molecule has 3 aromatic heterocycles. The zero-order chi connectivity index (χ0) is 31.6. The summed E-state index contributed by atoms with van der Waals surface area (Å²) in [4.78, 5) is 5.17. The molecule has 3 heterocycles. The monoisotopic (exact) mass is 612 g/mol. The van der Waals surface area contributed by atoms with E-state index in [1.165, 1.54) is 27.1 Å². The Kier molecular flexibility index (Phi) is 5.87. The highest BCUT2D eigenvalue weighted by atomic mass is 16.3. The smallest absolute Gasteiger partial charge is 0.160 e. The fourth-order valence-corrected chi connectivity index (χ4v) is 7.41. The highest BCUT2D eigenvalue weighted by Gasteiger charge is 2.22. The first-order valence-corrected chi connectivity index (χ1v) is 16.3. The molecule has 3 heteroatoms. The molecular formula is C45H28N2O. The van der Waals surface area contributed by atoms with E-state index in [4.69, 9.17) is 9.40 Å². The second-order valence-corrected chi connectivity index (χ2v) is 12.3. The SMILES string of the molecule is c1ccc(-c2cc(-c3ccccc3)nc(-c3ccc(-n4c5ccccc5c5c6ccccc6c6c7ccccc7oc6c54)cc3)c2)cc1. The van der Waals surface area contributed by atoms with Crippen LogP contribution in [0.2, 0.25) is 0 Å². The summed E-state index contributed by atoms with van der Waals surface area (Å²) < 4.78 is 9.11. The van der Waals surface area contributed by atoms with Crippen LogP contribution in [0, 0.1) is 0 Å². The van der Waals surface area contributed by atoms with Gasteiger partial charge in [0, 0.05) is 38.4 Å². The molecule has 0 spiro atoms. The molecule has 224 valence electrons. The number of hydrogen-bond donors (Lipinski definition) is 0. The number of fused-ring (bicyclic) bond motifs is 10. The van der Waals surface area contributed by atoms with Crippen molar-refractivity contribution in [2.45, 2.75) is 0 Å². The van der Waals surface area contributed by atoms with E-state index in [0.29, 0.717) is 0 Å². The molecule has 0 aliphatic heterocycles. The van der Waals surface area contributed by atoms with Crippen LogP contribution in [0.1, 0.15) is 0 Å². The molecule has 0 amide bonds. The predicted octanol–water partition coefficient (Wildman–Crippen LogP) is 12.2. The maximum atomic E-state index is 6.74. The van der Waals surface area contributed by atoms with Gasteiger partial charge in [-0.3, -0.25) is 0 Å². The lowest BCUT2D eigenvalue weighted by Crippen LogP contribution is -1.95. The van der Waals surface area contributed by atoms with Crippen molar-refractivity contribution >= 4 is 54.5 Å². The summed E-state index contributed by atoms with van der Waals surface area (Å²) in [5.74, 6) is 0. The largest absolute Gasteiger partial charge is 0.454 e. The molecule has 48 heavy (non-hydrogen) atoms. The first kappa shape index (κ1) is 26.7. The average Bonchev–Trinajstić information content (AvgIpc) is 3.73. The summed E-state index contributed by atoms with van der Waals surface area (Å²) in [7, 11) is 0. The fraction of sp³-hybridized carbons (Fsp3) is 0. The molecule has 0 aliphatic carbocycles. The highest BCUT2D eigenvalue weighted by Crippen LogP contribution is 2.45. The minimum Gasteiger partial charge on any atom is -0.454 e. The van der Waals surface area contributed by atoms with Crippen molar-refractivity contribution in [1.82, 2.24) is 9.55 Å². The molecule has 0 aliphatic rings. The van der Waals surface area contributed by atoms with Crippen LogP contribution < -0.4 is 0 Å². The van der Waals surface area contributed by atoms with Crippen molar-refractivity contribution in [3.8, 4) is 39.3 Å². The molecule has 0 saturated carbocycles. The Morgan fingerprint density at radius 2 is 0.958 bits per heavy atom. The van der Waals surface area contributed by atoms with E-state index >= 15 is 0 Å². The Labute approximate surface area is 277 Å². The van der Waals surface area contributed by atoms with E-state index in [1.807, 2.05) is 12.1 Å². The van der Waals surface area contributed by atoms with Crippen molar-refractivity contribution in [1.29, 1.82) is 0 Å². The van der Waals surface area contributed by atoms with E-state index in [1.54, 1.807) is 0 Å². The number of furan rings is 1. The number of para-hydroxylation sites is 2. The van der Waals surface area contributed by atoms with Gasteiger partial charge in [-0.15, -0.1) is 0 Å². The molecular weight excluding hydrogens is 585 g/mol. The Morgan fingerprint density at radius 3 is 1.67 bits per heavy atom. The van der Waals surface area contributed by atoms with Gasteiger partial charge in [0.1, 0.15) is 5.58 Å². The fourth-order valence-electron chi connectivity index (χ4n) is 7.41. The Bertz CT molecular complexity index is 2750. The summed E-state index contributed by atoms with van der Waals surface area (Å²) in [5, 5.41) is 7.15. The van der Waals surface area contributed by atoms with E-state index < -0.39 is 0 Å². The molecule has 0 unspecified atom stereocenters. The zero-order valence-corrected chi connectivity index (χ0v) is 26.0. The number of rotatable bonds is 4. The van der Waals surface area contributed by atoms with Gasteiger partial charge in [-0.1, -0.05) is 133 Å². The standard InChI is InChI=1S/C45H28N2O/c1-3-13-29(14-4-1)32-27-38(30-15-5-2-6-16-30)46-39(28-32)31-23-25-33(26-24-31)47-40-21-11-9-19-36(40)42-34-17-7-8-18-35(34)43-37-20-10-12-22-41(37)48-45(43)44(42)47/h1-28H. The van der Waals surface area contributed by atoms with Gasteiger partial charge in [0.05, 0.1) is 22.4 Å². The minimum absolute atomic E-state index is 0.899. The lowest BCUT2D eigenvalue weighted by atomic mass is 9.99. The summed E-state index contributed by atoms with van der Waals surface area (Å²) >= 11 is 0. The molecule has 0 bridgehead atoms. The maximum absolute atomic E-state index is 6.74. The van der Waals surface area contributed by atoms with Gasteiger partial charge in [0.15, 0.2) is 5.58 Å². The van der Waals surface area contributed by atoms with E-state index in [2.05, 4.69) is 162 Å². The first-order chi connectivity index (χ1) is 23.8. The Balaban J connectivity index is 1.21. The second kappa shape index (κ2) is 10.5. The van der Waals surface area contributed by atoms with Crippen LogP contribution in [0.5, 0.6) is 0 Å². The molecule has 0 atom stereocenters. The lowest BCUT2D eigenvalue weighted by molar-refractivity contribution is 0.671. The van der Waals surface area contributed by atoms with Crippen molar-refractivity contribution in [2.24, 2.45) is 0 Å². The first-order valence-electron chi connectivity index (χ1n) is 16.3. The number of aromatic nitrogens is 2. The summed E-state index contributed by atoms with van der Waals surface area (Å²) in [5.41, 5.74) is 11.5. The van der Waals surface area contributed by atoms with Gasteiger partial charge < -0.3 is 8.98 Å². The third-order valence-electron chi connectivity index (χ3n) is 9.57. The van der Waals surface area contributed by atoms with Gasteiger partial charge in [-0.2, -0.15) is 0 Å². The van der Waals surface area contributed by atoms with Crippen LogP contribution in [0.15, 0.2) is 174 Å². The molecule has 0 fully saturated rings. The molecule has 0 radical (unpaired) electrons. The molecule has 10 rings (SSSR count). The normalized spacial score (nSPS) is 11.8. The molecule has 7 aromatic carbocycles. The van der Waals surface area contributed by atoms with Gasteiger partial charge in [-0.25, -0.2) is 4.98 Å². The predicted molar refractivity (Wildman–Crippen MR) is 200 cm³/mol. The average molecular weight is 613 g/mol. The molecule has 0 N–H and O–H groups in total. The van der Waals surface area contributed by atoms with Crippen LogP contribution in [0.25, 0.3) is 93.8 Å². The van der Waals surface area contributed by atoms with Crippen molar-refractivity contribution in [3.05, 3.63) is 170 Å². The third kappa shape index (κ3) is 4.04. The van der Waals surface area contributed by atoms with Crippen LogP contribution in [-0.4, -0.2) is 9.55 Å². The van der Waals surface area contributed by atoms with Gasteiger partial charge in [-0.05, 0) is 58.3 Å². The van der Waals surface area contributed by atoms with Gasteiger partial charge in [0.25, 0.3) is 0 Å². The zero-order valence-electron chi connectivity index (χ0n) is 26.0. The summed E-state index contributed by atoms with van der Waals surface area (Å²) in [6, 6.07) is 59.9. The van der Waals surface area contributed by atoms with Gasteiger partial charge >= 0.3 is 0 Å². The Morgan fingerprint density at radius 1 is 0.417 bits per heavy atom. The summed E-state index contributed by atoms with van der Waals surface area (Å²) in [6.45, 7) is 0. The Hall–Kier alpha value is -6.45. The molecule has 3 nitrogen and oxygen atoms in total. The van der Waals surface area contributed by atoms with Crippen LogP contribution >= 0.6 is 0 Å². The lowest BCUT2D eigenvalue weighted by Gasteiger charge is -2.12. The summed E-state index contributed by atoms with van der Waals surface area (Å²) in [6.07, 6.45) is 0. The van der Waals surface area contributed by atoms with Crippen LogP contribution in [0.4, 0.5) is 0 Å². The third-order valence-corrected chi connectivity index (χ3v) is 9.57. The van der Waals surface area contributed by atoms with Crippen molar-refractivity contribution in [2.75, 3.05) is 0 Å². The van der Waals surface area contributed by atoms with Crippen LogP contribution in [0.3, 0.4) is 0 Å². The quantitative estimate of drug-likeness (QED) is 0.198. The minimum atomic E-state index is 0.899. The topological polar surface area (TPSA) is 31.0 Å². The van der Waals surface area contributed by atoms with E-state index in [9.17, 15) is 0 Å². The van der Waals surface area contributed by atoms with Gasteiger partial charge in [0.2, 0.25) is 0 Å². The number of benzene rings is 7. The number of pyridine rings is 1. The highest BCUT2D eigenvalue weighted by molar-refractivity contribution is 6.35. The van der Waals surface area contributed by atoms with Crippen molar-refractivity contribution in [3.63, 3.8) is 0 Å². The van der Waals surface area contributed by atoms with Crippen LogP contribution in [-0.2, 0) is 0 Å². The van der Waals surface area contributed by atoms with E-state index in [0.717, 1.165) is 66.7 Å². The number of hydrogen-bond acceptors (Lipinski definition) is 2. The molecule has 0 saturated heterocycles. The van der Waals surface area contributed by atoms with Crippen molar-refractivity contribution < 1.29 is 4.42 Å². The maximum Gasteiger partial charge on any atom is 0.160 e. The number of nitrogens with zero attached hydrogens (tertiary/aromatic N) is 2. The molecule has 10 aromatic rings. The second-order valence-electron chi connectivity index (χ2n) is 12.3.